The summed E-state index contributed by atoms with van der Waals surface area (Å²) in [6.45, 7) is 2.95. The van der Waals surface area contributed by atoms with Crippen molar-refractivity contribution < 1.29 is 9.53 Å². The molecule has 5 rings (SSSR count). The van der Waals surface area contributed by atoms with Crippen LogP contribution < -0.4 is 9.64 Å². The number of ether oxygens (including phenoxy) is 1. The molecule has 0 aliphatic carbocycles. The van der Waals surface area contributed by atoms with Crippen LogP contribution in [-0.2, 0) is 13.0 Å². The molecule has 0 aliphatic rings. The zero-order valence-corrected chi connectivity index (χ0v) is 20.2. The summed E-state index contributed by atoms with van der Waals surface area (Å²) in [7, 11) is 0. The van der Waals surface area contributed by atoms with Gasteiger partial charge in [0, 0.05) is 18.0 Å². The van der Waals surface area contributed by atoms with E-state index in [0.717, 1.165) is 33.5 Å². The van der Waals surface area contributed by atoms with Gasteiger partial charge < -0.3 is 4.74 Å². The molecule has 35 heavy (non-hydrogen) atoms. The Morgan fingerprint density at radius 3 is 2.43 bits per heavy atom. The van der Waals surface area contributed by atoms with E-state index >= 15 is 0 Å². The van der Waals surface area contributed by atoms with Gasteiger partial charge in [-0.05, 0) is 66.4 Å². The average molecular weight is 480 g/mol. The molecule has 0 N–H and O–H groups in total. The van der Waals surface area contributed by atoms with Gasteiger partial charge in [-0.2, -0.15) is 0 Å². The van der Waals surface area contributed by atoms with Crippen molar-refractivity contribution in [3.63, 3.8) is 0 Å². The van der Waals surface area contributed by atoms with Crippen LogP contribution in [0.5, 0.6) is 5.75 Å². The Bertz CT molecular complexity index is 1420. The molecule has 0 radical (unpaired) electrons. The zero-order valence-electron chi connectivity index (χ0n) is 19.4. The van der Waals surface area contributed by atoms with Crippen LogP contribution in [0.4, 0.5) is 5.13 Å². The Morgan fingerprint density at radius 2 is 1.69 bits per heavy atom. The number of anilines is 1. The largest absolute Gasteiger partial charge is 0.494 e. The Morgan fingerprint density at radius 1 is 0.914 bits per heavy atom. The van der Waals surface area contributed by atoms with Crippen molar-refractivity contribution in [2.75, 3.05) is 11.5 Å². The molecule has 0 bridgehead atoms. The molecule has 6 heteroatoms. The highest BCUT2D eigenvalue weighted by molar-refractivity contribution is 7.22. The number of fused-ring (bicyclic) bond motifs is 1. The van der Waals surface area contributed by atoms with E-state index in [9.17, 15) is 4.79 Å². The quantitative estimate of drug-likeness (QED) is 0.254. The summed E-state index contributed by atoms with van der Waals surface area (Å²) < 4.78 is 6.62. The lowest BCUT2D eigenvalue weighted by atomic mass is 10.0. The third kappa shape index (κ3) is 5.39. The number of carbonyl (C=O) groups excluding carboxylic acids is 1. The molecular formula is C29H25N3O2S. The third-order valence-electron chi connectivity index (χ3n) is 5.65. The predicted molar refractivity (Wildman–Crippen MR) is 141 cm³/mol. The minimum absolute atomic E-state index is 0.0933. The highest BCUT2D eigenvalue weighted by atomic mass is 32.1. The normalized spacial score (nSPS) is 10.9. The Labute approximate surface area is 208 Å². The van der Waals surface area contributed by atoms with E-state index in [4.69, 9.17) is 9.72 Å². The molecule has 2 aromatic heterocycles. The smallest absolute Gasteiger partial charge is 0.260 e. The lowest BCUT2D eigenvalue weighted by Gasteiger charge is -2.20. The first-order valence-corrected chi connectivity index (χ1v) is 12.4. The van der Waals surface area contributed by atoms with Crippen LogP contribution in [0.2, 0.25) is 0 Å². The van der Waals surface area contributed by atoms with E-state index in [2.05, 4.69) is 17.1 Å². The first kappa shape index (κ1) is 22.7. The van der Waals surface area contributed by atoms with Crippen molar-refractivity contribution in [1.82, 2.24) is 9.97 Å². The van der Waals surface area contributed by atoms with Crippen LogP contribution in [0, 0.1) is 0 Å². The van der Waals surface area contributed by atoms with Crippen LogP contribution in [0.1, 0.15) is 34.0 Å². The summed E-state index contributed by atoms with van der Waals surface area (Å²) in [6.07, 6.45) is 4.34. The molecule has 0 unspecified atom stereocenters. The predicted octanol–water partition coefficient (Wildman–Crippen LogP) is 6.53. The third-order valence-corrected chi connectivity index (χ3v) is 6.69. The van der Waals surface area contributed by atoms with Crippen LogP contribution in [-0.4, -0.2) is 22.5 Å². The molecule has 5 aromatic rings. The van der Waals surface area contributed by atoms with Gasteiger partial charge >= 0.3 is 0 Å². The SMILES string of the molecule is CCOc1ccc2nc(N(Cc3cccnc3)C(=O)c3ccc(Cc4ccccc4)cc3)sc2c1. The van der Waals surface area contributed by atoms with Crippen molar-refractivity contribution >= 4 is 32.6 Å². The standard InChI is InChI=1S/C29H25N3O2S/c1-2-34-25-14-15-26-27(18-25)35-29(31-26)32(20-23-9-6-16-30-19-23)28(33)24-12-10-22(11-13-24)17-21-7-4-3-5-8-21/h3-16,18-19H,2,17,20H2,1H3. The number of pyridine rings is 1. The van der Waals surface area contributed by atoms with Crippen molar-refractivity contribution in [2.24, 2.45) is 0 Å². The van der Waals surface area contributed by atoms with Crippen molar-refractivity contribution in [1.29, 1.82) is 0 Å². The van der Waals surface area contributed by atoms with E-state index < -0.39 is 0 Å². The molecule has 5 nitrogen and oxygen atoms in total. The fourth-order valence-corrected chi connectivity index (χ4v) is 4.91. The molecule has 3 aromatic carbocycles. The highest BCUT2D eigenvalue weighted by Crippen LogP contribution is 2.33. The van der Waals surface area contributed by atoms with Crippen LogP contribution in [0.3, 0.4) is 0 Å². The minimum atomic E-state index is -0.0933. The maximum atomic E-state index is 13.7. The fourth-order valence-electron chi connectivity index (χ4n) is 3.92. The van der Waals surface area contributed by atoms with Gasteiger partial charge in [0.15, 0.2) is 5.13 Å². The molecule has 0 saturated carbocycles. The Hall–Kier alpha value is -4.03. The van der Waals surface area contributed by atoms with E-state index in [1.807, 2.05) is 79.7 Å². The number of aromatic nitrogens is 2. The fraction of sp³-hybridized carbons (Fsp3) is 0.138. The van der Waals surface area contributed by atoms with Crippen LogP contribution in [0.15, 0.2) is 97.3 Å². The zero-order chi connectivity index (χ0) is 24.0. The summed E-state index contributed by atoms with van der Waals surface area (Å²) in [5, 5.41) is 0.649. The monoisotopic (exact) mass is 479 g/mol. The van der Waals surface area contributed by atoms with Gasteiger partial charge in [-0.1, -0.05) is 59.9 Å². The summed E-state index contributed by atoms with van der Waals surface area (Å²) >= 11 is 1.49. The molecule has 0 aliphatic heterocycles. The van der Waals surface area contributed by atoms with Crippen LogP contribution >= 0.6 is 11.3 Å². The van der Waals surface area contributed by atoms with Crippen LogP contribution in [0.25, 0.3) is 10.2 Å². The summed E-state index contributed by atoms with van der Waals surface area (Å²) in [4.78, 5) is 24.4. The number of carbonyl (C=O) groups is 1. The first-order valence-electron chi connectivity index (χ1n) is 11.6. The molecule has 0 saturated heterocycles. The van der Waals surface area contributed by atoms with Gasteiger partial charge in [0.2, 0.25) is 0 Å². The second kappa shape index (κ2) is 10.5. The number of hydrogen-bond acceptors (Lipinski definition) is 5. The summed E-state index contributed by atoms with van der Waals surface area (Å²) in [6, 6.07) is 27.8. The van der Waals surface area contributed by atoms with Gasteiger partial charge in [-0.15, -0.1) is 0 Å². The second-order valence-electron chi connectivity index (χ2n) is 8.17. The van der Waals surface area contributed by atoms with Gasteiger partial charge in [-0.3, -0.25) is 14.7 Å². The highest BCUT2D eigenvalue weighted by Gasteiger charge is 2.22. The number of benzene rings is 3. The van der Waals surface area contributed by atoms with Gasteiger partial charge in [0.05, 0.1) is 23.4 Å². The number of rotatable bonds is 8. The number of amides is 1. The van der Waals surface area contributed by atoms with Crippen molar-refractivity contribution in [2.45, 2.75) is 19.9 Å². The maximum absolute atomic E-state index is 13.7. The molecule has 1 amide bonds. The molecule has 0 atom stereocenters. The van der Waals surface area contributed by atoms with Crippen molar-refractivity contribution in [3.05, 3.63) is 120 Å². The van der Waals surface area contributed by atoms with Gasteiger partial charge in [0.1, 0.15) is 5.75 Å². The molecule has 2 heterocycles. The van der Waals surface area contributed by atoms with Gasteiger partial charge in [0.25, 0.3) is 5.91 Å². The van der Waals surface area contributed by atoms with Crippen molar-refractivity contribution in [3.8, 4) is 5.75 Å². The Balaban J connectivity index is 1.45. The number of hydrogen-bond donors (Lipinski definition) is 0. The number of thiazole rings is 1. The Kier molecular flexibility index (Phi) is 6.82. The second-order valence-corrected chi connectivity index (χ2v) is 9.18. The average Bonchev–Trinajstić information content (AvgIpc) is 3.32. The first-order chi connectivity index (χ1) is 17.2. The number of nitrogens with zero attached hydrogens (tertiary/aromatic N) is 3. The summed E-state index contributed by atoms with van der Waals surface area (Å²) in [5.41, 5.74) is 4.81. The van der Waals surface area contributed by atoms with E-state index in [1.165, 1.54) is 16.9 Å². The minimum Gasteiger partial charge on any atom is -0.494 e. The molecule has 174 valence electrons. The molecule has 0 fully saturated rings. The summed E-state index contributed by atoms with van der Waals surface area (Å²) in [5.74, 6) is 0.707. The lowest BCUT2D eigenvalue weighted by Crippen LogP contribution is -2.30. The topological polar surface area (TPSA) is 55.3 Å². The van der Waals surface area contributed by atoms with E-state index in [0.29, 0.717) is 23.8 Å². The molecule has 0 spiro atoms. The van der Waals surface area contributed by atoms with E-state index in [-0.39, 0.29) is 5.91 Å². The maximum Gasteiger partial charge on any atom is 0.260 e. The van der Waals surface area contributed by atoms with Gasteiger partial charge in [-0.25, -0.2) is 4.98 Å². The lowest BCUT2D eigenvalue weighted by molar-refractivity contribution is 0.0985. The molecular weight excluding hydrogens is 454 g/mol. The van der Waals surface area contributed by atoms with E-state index in [1.54, 1.807) is 17.3 Å².